The zero-order chi connectivity index (χ0) is 16.3. The van der Waals surface area contributed by atoms with Gasteiger partial charge in [0.15, 0.2) is 0 Å². The van der Waals surface area contributed by atoms with E-state index in [4.69, 9.17) is 0 Å². The summed E-state index contributed by atoms with van der Waals surface area (Å²) in [5.74, 6) is 1.11. The standard InChI is InChI=1S/C19H32O3/c1-4-5-6-7-15(20)9-8-13-10-14-11-17(19(14,2)3)16(13)12-18(21)22/h8-9,13-17,20H,4-7,10-12H2,1-3H3,(H,21,22)/t13-,14-,15+,16+,17-/m0/s1. The minimum atomic E-state index is -0.687. The van der Waals surface area contributed by atoms with Gasteiger partial charge >= 0.3 is 5.97 Å². The Labute approximate surface area is 134 Å². The van der Waals surface area contributed by atoms with Gasteiger partial charge in [0.2, 0.25) is 0 Å². The first-order valence-corrected chi connectivity index (χ1v) is 8.94. The molecule has 3 saturated carbocycles. The van der Waals surface area contributed by atoms with Gasteiger partial charge in [-0.25, -0.2) is 0 Å². The second-order valence-corrected chi connectivity index (χ2v) is 7.97. The Balaban J connectivity index is 1.95. The Morgan fingerprint density at radius 2 is 2.05 bits per heavy atom. The minimum Gasteiger partial charge on any atom is -0.481 e. The number of hydrogen-bond acceptors (Lipinski definition) is 2. The van der Waals surface area contributed by atoms with Gasteiger partial charge in [0, 0.05) is 6.42 Å². The molecular formula is C19H32O3. The van der Waals surface area contributed by atoms with Gasteiger partial charge < -0.3 is 10.2 Å². The van der Waals surface area contributed by atoms with Crippen LogP contribution in [0.1, 0.15) is 65.7 Å². The van der Waals surface area contributed by atoms with Crippen molar-refractivity contribution in [3.05, 3.63) is 12.2 Å². The molecule has 2 N–H and O–H groups in total. The van der Waals surface area contributed by atoms with E-state index in [1.807, 2.05) is 6.08 Å². The largest absolute Gasteiger partial charge is 0.481 e. The Morgan fingerprint density at radius 3 is 2.64 bits per heavy atom. The molecule has 0 aromatic heterocycles. The van der Waals surface area contributed by atoms with E-state index in [9.17, 15) is 15.0 Å². The first kappa shape index (κ1) is 17.5. The number of fused-ring (bicyclic) bond motifs is 2. The predicted octanol–water partition coefficient (Wildman–Crippen LogP) is 4.26. The number of carbonyl (C=O) groups is 1. The molecule has 3 heteroatoms. The van der Waals surface area contributed by atoms with Crippen LogP contribution in [0, 0.1) is 29.1 Å². The summed E-state index contributed by atoms with van der Waals surface area (Å²) in [6.07, 6.45) is 10.4. The number of hydrogen-bond donors (Lipinski definition) is 2. The Bertz CT molecular complexity index is 413. The fraction of sp³-hybridized carbons (Fsp3) is 0.842. The Hall–Kier alpha value is -0.830. The molecule has 3 aliphatic rings. The fourth-order valence-electron chi connectivity index (χ4n) is 4.67. The van der Waals surface area contributed by atoms with Crippen molar-refractivity contribution in [1.29, 1.82) is 0 Å². The molecule has 0 spiro atoms. The van der Waals surface area contributed by atoms with E-state index < -0.39 is 5.97 Å². The van der Waals surface area contributed by atoms with Crippen LogP contribution in [0.5, 0.6) is 0 Å². The molecule has 3 aliphatic carbocycles. The summed E-state index contributed by atoms with van der Waals surface area (Å²) in [5, 5.41) is 19.3. The number of rotatable bonds is 8. The third-order valence-corrected chi connectivity index (χ3v) is 6.26. The Kier molecular flexibility index (Phi) is 5.70. The molecule has 0 aromatic carbocycles. The van der Waals surface area contributed by atoms with Crippen LogP contribution in [0.4, 0.5) is 0 Å². The highest BCUT2D eigenvalue weighted by Crippen LogP contribution is 2.64. The maximum absolute atomic E-state index is 11.2. The van der Waals surface area contributed by atoms with E-state index in [-0.39, 0.29) is 18.4 Å². The van der Waals surface area contributed by atoms with Crippen molar-refractivity contribution in [2.24, 2.45) is 29.1 Å². The second-order valence-electron chi connectivity index (χ2n) is 7.97. The van der Waals surface area contributed by atoms with E-state index in [0.29, 0.717) is 17.3 Å². The quantitative estimate of drug-likeness (QED) is 0.520. The number of aliphatic hydroxyl groups excluding tert-OH is 1. The molecule has 2 bridgehead atoms. The zero-order valence-electron chi connectivity index (χ0n) is 14.3. The number of allylic oxidation sites excluding steroid dienone is 1. The summed E-state index contributed by atoms with van der Waals surface area (Å²) in [5.41, 5.74) is 0.296. The van der Waals surface area contributed by atoms with Crippen LogP contribution < -0.4 is 0 Å². The van der Waals surface area contributed by atoms with Crippen molar-refractivity contribution < 1.29 is 15.0 Å². The normalized spacial score (nSPS) is 34.4. The van der Waals surface area contributed by atoms with Crippen LogP contribution in [0.25, 0.3) is 0 Å². The first-order valence-electron chi connectivity index (χ1n) is 8.94. The third kappa shape index (κ3) is 3.73. The molecule has 0 heterocycles. The maximum Gasteiger partial charge on any atom is 0.303 e. The summed E-state index contributed by atoms with van der Waals surface area (Å²) in [4.78, 5) is 11.2. The zero-order valence-corrected chi connectivity index (χ0v) is 14.3. The maximum atomic E-state index is 11.2. The molecule has 3 rings (SSSR count). The molecule has 0 saturated heterocycles. The van der Waals surface area contributed by atoms with E-state index in [1.54, 1.807) is 0 Å². The van der Waals surface area contributed by atoms with E-state index >= 15 is 0 Å². The molecule has 126 valence electrons. The van der Waals surface area contributed by atoms with Gasteiger partial charge in [-0.15, -0.1) is 0 Å². The summed E-state index contributed by atoms with van der Waals surface area (Å²) in [7, 11) is 0. The number of carboxylic acids is 1. The lowest BCUT2D eigenvalue weighted by Gasteiger charge is -2.62. The van der Waals surface area contributed by atoms with Crippen molar-refractivity contribution in [2.45, 2.75) is 71.8 Å². The van der Waals surface area contributed by atoms with E-state index in [1.165, 1.54) is 6.42 Å². The molecule has 5 atom stereocenters. The van der Waals surface area contributed by atoms with Crippen molar-refractivity contribution >= 4 is 5.97 Å². The van der Waals surface area contributed by atoms with Crippen LogP contribution in [0.15, 0.2) is 12.2 Å². The van der Waals surface area contributed by atoms with Gasteiger partial charge in [-0.2, -0.15) is 0 Å². The Morgan fingerprint density at radius 1 is 1.32 bits per heavy atom. The lowest BCUT2D eigenvalue weighted by Crippen LogP contribution is -2.55. The van der Waals surface area contributed by atoms with Gasteiger partial charge in [0.1, 0.15) is 0 Å². The van der Waals surface area contributed by atoms with Gasteiger partial charge in [-0.3, -0.25) is 4.79 Å². The average Bonchev–Trinajstić information content (AvgIpc) is 2.45. The van der Waals surface area contributed by atoms with Crippen molar-refractivity contribution in [3.63, 3.8) is 0 Å². The highest BCUT2D eigenvalue weighted by Gasteiger charge is 2.57. The lowest BCUT2D eigenvalue weighted by molar-refractivity contribution is -0.152. The summed E-state index contributed by atoms with van der Waals surface area (Å²) in [6.45, 7) is 6.75. The number of carboxylic acid groups (broad SMARTS) is 1. The molecule has 3 nitrogen and oxygen atoms in total. The van der Waals surface area contributed by atoms with Crippen LogP contribution in [-0.2, 0) is 4.79 Å². The highest BCUT2D eigenvalue weighted by molar-refractivity contribution is 5.67. The molecule has 3 fully saturated rings. The van der Waals surface area contributed by atoms with Crippen LogP contribution in [-0.4, -0.2) is 22.3 Å². The predicted molar refractivity (Wildman–Crippen MR) is 88.5 cm³/mol. The second kappa shape index (κ2) is 7.16. The molecule has 0 radical (unpaired) electrons. The topological polar surface area (TPSA) is 57.5 Å². The minimum absolute atomic E-state index is 0.233. The van der Waals surface area contributed by atoms with Crippen LogP contribution >= 0.6 is 0 Å². The van der Waals surface area contributed by atoms with E-state index in [0.717, 1.165) is 38.0 Å². The SMILES string of the molecule is CCCCC[C@@H](O)C=C[C@H]1C[C@H]2C[C@@H]([C@@H]1CC(=O)O)C2(C)C. The fourth-order valence-corrected chi connectivity index (χ4v) is 4.67. The van der Waals surface area contributed by atoms with Crippen molar-refractivity contribution in [3.8, 4) is 0 Å². The summed E-state index contributed by atoms with van der Waals surface area (Å²) < 4.78 is 0. The average molecular weight is 308 g/mol. The van der Waals surface area contributed by atoms with Gasteiger partial charge in [-0.1, -0.05) is 52.2 Å². The molecular weight excluding hydrogens is 276 g/mol. The molecule has 0 aliphatic heterocycles. The third-order valence-electron chi connectivity index (χ3n) is 6.26. The van der Waals surface area contributed by atoms with Crippen molar-refractivity contribution in [2.75, 3.05) is 0 Å². The molecule has 0 unspecified atom stereocenters. The molecule has 22 heavy (non-hydrogen) atoms. The van der Waals surface area contributed by atoms with Gasteiger partial charge in [0.05, 0.1) is 6.10 Å². The number of unbranched alkanes of at least 4 members (excludes halogenated alkanes) is 2. The number of aliphatic hydroxyl groups is 1. The molecule has 0 amide bonds. The van der Waals surface area contributed by atoms with Gasteiger partial charge in [-0.05, 0) is 48.3 Å². The summed E-state index contributed by atoms with van der Waals surface area (Å²) >= 11 is 0. The monoisotopic (exact) mass is 308 g/mol. The van der Waals surface area contributed by atoms with Crippen LogP contribution in [0.3, 0.4) is 0 Å². The van der Waals surface area contributed by atoms with E-state index in [2.05, 4.69) is 26.8 Å². The van der Waals surface area contributed by atoms with Crippen LogP contribution in [0.2, 0.25) is 0 Å². The highest BCUT2D eigenvalue weighted by atomic mass is 16.4. The lowest BCUT2D eigenvalue weighted by atomic mass is 9.43. The molecule has 0 aromatic rings. The smallest absolute Gasteiger partial charge is 0.303 e. The van der Waals surface area contributed by atoms with Gasteiger partial charge in [0.25, 0.3) is 0 Å². The number of aliphatic carboxylic acids is 1. The summed E-state index contributed by atoms with van der Waals surface area (Å²) in [6, 6.07) is 0. The first-order chi connectivity index (χ1) is 10.4. The van der Waals surface area contributed by atoms with Crippen molar-refractivity contribution in [1.82, 2.24) is 0 Å².